The van der Waals surface area contributed by atoms with E-state index in [1.807, 2.05) is 6.92 Å². The number of hydrogen-bond donors (Lipinski definition) is 2. The van der Waals surface area contributed by atoms with Crippen molar-refractivity contribution in [3.05, 3.63) is 30.1 Å². The van der Waals surface area contributed by atoms with Crippen molar-refractivity contribution in [1.82, 2.24) is 14.8 Å². The number of nitrogens with two attached hydrogens (primary N) is 1. The normalized spacial score (nSPS) is 10.2. The summed E-state index contributed by atoms with van der Waals surface area (Å²) in [5.41, 5.74) is 6.60. The number of aryl methyl sites for hydroxylation is 1. The highest BCUT2D eigenvalue weighted by molar-refractivity contribution is 6.06. The van der Waals surface area contributed by atoms with E-state index in [0.717, 1.165) is 0 Å². The molecule has 0 unspecified atom stereocenters. The first-order valence-corrected chi connectivity index (χ1v) is 5.80. The van der Waals surface area contributed by atoms with Crippen molar-refractivity contribution in [2.24, 2.45) is 7.05 Å². The molecule has 0 saturated heterocycles. The lowest BCUT2D eigenvalue weighted by Gasteiger charge is -2.12. The highest BCUT2D eigenvalue weighted by atomic mass is 16.5. The van der Waals surface area contributed by atoms with Crippen LogP contribution in [-0.2, 0) is 7.05 Å². The number of carbonyl (C=O) groups is 1. The van der Waals surface area contributed by atoms with Gasteiger partial charge in [-0.25, -0.2) is 4.68 Å². The van der Waals surface area contributed by atoms with E-state index in [1.54, 1.807) is 25.2 Å². The number of nitrogens with one attached hydrogen (secondary N) is 1. The van der Waals surface area contributed by atoms with E-state index in [-0.39, 0.29) is 5.91 Å². The Kier molecular flexibility index (Phi) is 3.65. The Labute approximate surface area is 110 Å². The molecule has 1 aromatic carbocycles. The van der Waals surface area contributed by atoms with Crippen LogP contribution >= 0.6 is 0 Å². The molecule has 19 heavy (non-hydrogen) atoms. The molecule has 1 aromatic heterocycles. The van der Waals surface area contributed by atoms with E-state index < -0.39 is 0 Å². The molecule has 100 valence electrons. The van der Waals surface area contributed by atoms with Crippen molar-refractivity contribution in [1.29, 1.82) is 0 Å². The molecule has 7 heteroatoms. The van der Waals surface area contributed by atoms with Gasteiger partial charge >= 0.3 is 0 Å². The number of anilines is 2. The predicted molar refractivity (Wildman–Crippen MR) is 71.0 cm³/mol. The van der Waals surface area contributed by atoms with Gasteiger partial charge in [0, 0.05) is 7.05 Å². The number of nitrogens with zero attached hydrogens (tertiary/aromatic N) is 3. The SMILES string of the molecule is CCOc1c(N)cccc1C(=O)Nc1ncnn1C. The molecule has 0 aliphatic rings. The predicted octanol–water partition coefficient (Wildman–Crippen LogP) is 1.05. The van der Waals surface area contributed by atoms with Gasteiger partial charge in [-0.1, -0.05) is 6.07 Å². The summed E-state index contributed by atoms with van der Waals surface area (Å²) < 4.78 is 6.87. The molecule has 0 atom stereocenters. The summed E-state index contributed by atoms with van der Waals surface area (Å²) in [6, 6.07) is 5.03. The molecule has 2 rings (SSSR count). The van der Waals surface area contributed by atoms with E-state index in [4.69, 9.17) is 10.5 Å². The Morgan fingerprint density at radius 1 is 1.53 bits per heavy atom. The molecule has 3 N–H and O–H groups in total. The summed E-state index contributed by atoms with van der Waals surface area (Å²) >= 11 is 0. The van der Waals surface area contributed by atoms with Gasteiger partial charge in [-0.15, -0.1) is 0 Å². The van der Waals surface area contributed by atoms with Crippen molar-refractivity contribution in [2.45, 2.75) is 6.92 Å². The van der Waals surface area contributed by atoms with Crippen LogP contribution in [0.3, 0.4) is 0 Å². The lowest BCUT2D eigenvalue weighted by molar-refractivity contribution is 0.102. The second-order valence-electron chi connectivity index (χ2n) is 3.82. The van der Waals surface area contributed by atoms with Crippen LogP contribution in [0.5, 0.6) is 5.75 Å². The Balaban J connectivity index is 2.29. The number of hydrogen-bond acceptors (Lipinski definition) is 5. The zero-order valence-electron chi connectivity index (χ0n) is 10.8. The largest absolute Gasteiger partial charge is 0.491 e. The Morgan fingerprint density at radius 3 is 2.95 bits per heavy atom. The molecular weight excluding hydrogens is 246 g/mol. The van der Waals surface area contributed by atoms with Gasteiger partial charge in [-0.3, -0.25) is 10.1 Å². The Morgan fingerprint density at radius 2 is 2.32 bits per heavy atom. The fourth-order valence-electron chi connectivity index (χ4n) is 1.62. The quantitative estimate of drug-likeness (QED) is 0.802. The molecule has 0 spiro atoms. The molecule has 0 saturated carbocycles. The molecule has 0 fully saturated rings. The molecule has 0 bridgehead atoms. The van der Waals surface area contributed by atoms with Gasteiger partial charge in [0.1, 0.15) is 6.33 Å². The monoisotopic (exact) mass is 261 g/mol. The van der Waals surface area contributed by atoms with Crippen LogP contribution in [0.25, 0.3) is 0 Å². The van der Waals surface area contributed by atoms with Crippen LogP contribution in [-0.4, -0.2) is 27.3 Å². The Bertz CT molecular complexity index is 594. The minimum Gasteiger partial charge on any atom is -0.491 e. The van der Waals surface area contributed by atoms with Gasteiger partial charge in [0.15, 0.2) is 5.75 Å². The van der Waals surface area contributed by atoms with Crippen molar-refractivity contribution in [3.8, 4) is 5.75 Å². The smallest absolute Gasteiger partial charge is 0.261 e. The van der Waals surface area contributed by atoms with Crippen LogP contribution in [0.15, 0.2) is 24.5 Å². The first-order chi connectivity index (χ1) is 9.13. The topological polar surface area (TPSA) is 95.1 Å². The zero-order chi connectivity index (χ0) is 13.8. The molecule has 7 nitrogen and oxygen atoms in total. The maximum atomic E-state index is 12.2. The van der Waals surface area contributed by atoms with Crippen molar-refractivity contribution in [2.75, 3.05) is 17.7 Å². The van der Waals surface area contributed by atoms with Gasteiger partial charge < -0.3 is 10.5 Å². The minimum atomic E-state index is -0.341. The Hall–Kier alpha value is -2.57. The van der Waals surface area contributed by atoms with E-state index in [2.05, 4.69) is 15.4 Å². The lowest BCUT2D eigenvalue weighted by atomic mass is 10.1. The van der Waals surface area contributed by atoms with Crippen LogP contribution < -0.4 is 15.8 Å². The summed E-state index contributed by atoms with van der Waals surface area (Å²) in [6.07, 6.45) is 1.36. The fourth-order valence-corrected chi connectivity index (χ4v) is 1.62. The van der Waals surface area contributed by atoms with Crippen LogP contribution in [0.1, 0.15) is 17.3 Å². The molecule has 1 amide bonds. The lowest BCUT2D eigenvalue weighted by Crippen LogP contribution is -2.17. The van der Waals surface area contributed by atoms with Crippen molar-refractivity contribution in [3.63, 3.8) is 0 Å². The van der Waals surface area contributed by atoms with Gasteiger partial charge in [0.05, 0.1) is 17.9 Å². The highest BCUT2D eigenvalue weighted by Gasteiger charge is 2.16. The number of carbonyl (C=O) groups excluding carboxylic acids is 1. The second-order valence-corrected chi connectivity index (χ2v) is 3.82. The third kappa shape index (κ3) is 2.65. The fraction of sp³-hybridized carbons (Fsp3) is 0.250. The second kappa shape index (κ2) is 5.38. The minimum absolute atomic E-state index is 0.341. The maximum Gasteiger partial charge on any atom is 0.261 e. The average molecular weight is 261 g/mol. The van der Waals surface area contributed by atoms with Gasteiger partial charge in [0.25, 0.3) is 5.91 Å². The third-order valence-corrected chi connectivity index (χ3v) is 2.52. The highest BCUT2D eigenvalue weighted by Crippen LogP contribution is 2.26. The van der Waals surface area contributed by atoms with E-state index >= 15 is 0 Å². The summed E-state index contributed by atoms with van der Waals surface area (Å²) in [5.74, 6) is 0.395. The zero-order valence-corrected chi connectivity index (χ0v) is 10.8. The number of benzene rings is 1. The van der Waals surface area contributed by atoms with Crippen LogP contribution in [0.4, 0.5) is 11.6 Å². The molecule has 1 heterocycles. The van der Waals surface area contributed by atoms with E-state index in [0.29, 0.717) is 29.6 Å². The van der Waals surface area contributed by atoms with Crippen molar-refractivity contribution >= 4 is 17.5 Å². The van der Waals surface area contributed by atoms with Gasteiger partial charge in [-0.05, 0) is 19.1 Å². The summed E-state index contributed by atoms with van der Waals surface area (Å²) in [6.45, 7) is 2.26. The average Bonchev–Trinajstić information content (AvgIpc) is 2.78. The number of para-hydroxylation sites is 1. The number of ether oxygens (including phenoxy) is 1. The van der Waals surface area contributed by atoms with Gasteiger partial charge in [0.2, 0.25) is 5.95 Å². The summed E-state index contributed by atoms with van der Waals surface area (Å²) in [4.78, 5) is 16.1. The standard InChI is InChI=1S/C12H15N5O2/c1-3-19-10-8(5-4-6-9(10)13)11(18)16-12-14-7-15-17(12)2/h4-7H,3,13H2,1-2H3,(H,14,15,16,18). The van der Waals surface area contributed by atoms with Gasteiger partial charge in [-0.2, -0.15) is 10.1 Å². The molecule has 0 aliphatic carbocycles. The van der Waals surface area contributed by atoms with Crippen LogP contribution in [0.2, 0.25) is 0 Å². The van der Waals surface area contributed by atoms with Crippen molar-refractivity contribution < 1.29 is 9.53 Å². The maximum absolute atomic E-state index is 12.2. The van der Waals surface area contributed by atoms with E-state index in [1.165, 1.54) is 11.0 Å². The number of amides is 1. The van der Waals surface area contributed by atoms with Crippen LogP contribution in [0, 0.1) is 0 Å². The number of rotatable bonds is 4. The molecule has 0 radical (unpaired) electrons. The first kappa shape index (κ1) is 12.9. The first-order valence-electron chi connectivity index (χ1n) is 5.80. The third-order valence-electron chi connectivity index (χ3n) is 2.52. The number of aromatic nitrogens is 3. The summed E-state index contributed by atoms with van der Waals surface area (Å²) in [7, 11) is 1.69. The molecule has 0 aliphatic heterocycles. The van der Waals surface area contributed by atoms with E-state index in [9.17, 15) is 4.79 Å². The number of nitrogen functional groups attached to an aromatic ring is 1. The molecular formula is C12H15N5O2. The summed E-state index contributed by atoms with van der Waals surface area (Å²) in [5, 5.41) is 6.52. The molecule has 2 aromatic rings.